The molecule has 0 bridgehead atoms. The van der Waals surface area contributed by atoms with Gasteiger partial charge in [-0.3, -0.25) is 4.79 Å². The molecule has 0 aromatic carbocycles. The smallest absolute Gasteiger partial charge is 0.287 e. The van der Waals surface area contributed by atoms with Crippen LogP contribution in [0.1, 0.15) is 25.4 Å². The third kappa shape index (κ3) is 1.82. The highest BCUT2D eigenvalue weighted by atomic mass is 19.1. The lowest BCUT2D eigenvalue weighted by Crippen LogP contribution is -2.28. The Morgan fingerprint density at radius 1 is 1.50 bits per heavy atom. The van der Waals surface area contributed by atoms with Crippen LogP contribution in [-0.4, -0.2) is 17.1 Å². The van der Waals surface area contributed by atoms with Crippen LogP contribution >= 0.6 is 0 Å². The van der Waals surface area contributed by atoms with Gasteiger partial charge in [0.2, 0.25) is 5.82 Å². The molecule has 1 N–H and O–H groups in total. The lowest BCUT2D eigenvalue weighted by molar-refractivity contribution is 0.0109. The number of rotatable bonds is 2. The molecule has 0 radical (unpaired) electrons. The molecule has 1 aromatic heterocycles. The third-order valence-electron chi connectivity index (χ3n) is 2.11. The largest absolute Gasteiger partial charge is 0.371 e. The van der Waals surface area contributed by atoms with E-state index in [0.717, 1.165) is 0 Å². The summed E-state index contributed by atoms with van der Waals surface area (Å²) in [5.74, 6) is -0.524. The zero-order valence-corrected chi connectivity index (χ0v) is 8.64. The van der Waals surface area contributed by atoms with Crippen LogP contribution in [0.25, 0.3) is 0 Å². The fraction of sp³-hybridized carbons (Fsp3) is 0.556. The van der Waals surface area contributed by atoms with E-state index in [0.29, 0.717) is 5.82 Å². The van der Waals surface area contributed by atoms with Gasteiger partial charge in [0.1, 0.15) is 11.4 Å². The van der Waals surface area contributed by atoms with E-state index >= 15 is 0 Å². The molecule has 0 unspecified atom stereocenters. The number of methoxy groups -OCH3 is 1. The van der Waals surface area contributed by atoms with Crippen LogP contribution in [-0.2, 0) is 10.3 Å². The lowest BCUT2D eigenvalue weighted by atomic mass is 10.1. The van der Waals surface area contributed by atoms with E-state index in [1.807, 2.05) is 0 Å². The summed E-state index contributed by atoms with van der Waals surface area (Å²) in [6, 6.07) is 0. The molecule has 5 heteroatoms. The average Bonchev–Trinajstić information content (AvgIpc) is 2.13. The number of aromatic amines is 1. The molecule has 0 saturated carbocycles. The monoisotopic (exact) mass is 200 g/mol. The molecule has 1 rings (SSSR count). The van der Waals surface area contributed by atoms with Crippen molar-refractivity contribution in [3.63, 3.8) is 0 Å². The minimum Gasteiger partial charge on any atom is -0.371 e. The molecule has 1 heterocycles. The van der Waals surface area contributed by atoms with Gasteiger partial charge in [0.15, 0.2) is 0 Å². The van der Waals surface area contributed by atoms with Crippen molar-refractivity contribution in [2.24, 2.45) is 0 Å². The molecule has 78 valence electrons. The predicted molar refractivity (Wildman–Crippen MR) is 49.6 cm³/mol. The van der Waals surface area contributed by atoms with Crippen LogP contribution in [0.2, 0.25) is 0 Å². The zero-order chi connectivity index (χ0) is 10.9. The molecule has 0 atom stereocenters. The van der Waals surface area contributed by atoms with Crippen LogP contribution in [0.4, 0.5) is 4.39 Å². The number of hydrogen-bond donors (Lipinski definition) is 1. The molecule has 14 heavy (non-hydrogen) atoms. The Balaban J connectivity index is 3.33. The first kappa shape index (κ1) is 10.8. The fourth-order valence-electron chi connectivity index (χ4n) is 0.953. The van der Waals surface area contributed by atoms with E-state index in [-0.39, 0.29) is 5.69 Å². The summed E-state index contributed by atoms with van der Waals surface area (Å²) in [6.07, 6.45) is 0. The number of nitrogens with zero attached hydrogens (tertiary/aromatic N) is 1. The summed E-state index contributed by atoms with van der Waals surface area (Å²) in [5, 5.41) is 0. The summed E-state index contributed by atoms with van der Waals surface area (Å²) in [6.45, 7) is 4.92. The maximum Gasteiger partial charge on any atom is 0.287 e. The Morgan fingerprint density at radius 2 is 2.07 bits per heavy atom. The van der Waals surface area contributed by atoms with Crippen molar-refractivity contribution >= 4 is 0 Å². The van der Waals surface area contributed by atoms with Gasteiger partial charge >= 0.3 is 0 Å². The van der Waals surface area contributed by atoms with Gasteiger partial charge in [0, 0.05) is 7.11 Å². The number of hydrogen-bond acceptors (Lipinski definition) is 3. The highest BCUT2D eigenvalue weighted by molar-refractivity contribution is 5.07. The number of aryl methyl sites for hydroxylation is 1. The van der Waals surface area contributed by atoms with Gasteiger partial charge in [-0.2, -0.15) is 4.39 Å². The standard InChI is InChI=1S/C9H13FN2O2/c1-5-6(10)7(13)12-8(11-5)9(2,3)14-4/h1-4H3,(H,11,12,13). The summed E-state index contributed by atoms with van der Waals surface area (Å²) in [7, 11) is 1.50. The van der Waals surface area contributed by atoms with E-state index < -0.39 is 17.0 Å². The van der Waals surface area contributed by atoms with Gasteiger partial charge in [0.25, 0.3) is 5.56 Å². The summed E-state index contributed by atoms with van der Waals surface area (Å²) in [5.41, 5.74) is -1.41. The van der Waals surface area contributed by atoms with Crippen molar-refractivity contribution in [1.29, 1.82) is 0 Å². The van der Waals surface area contributed by atoms with Crippen LogP contribution in [0.3, 0.4) is 0 Å². The van der Waals surface area contributed by atoms with E-state index in [9.17, 15) is 9.18 Å². The number of aromatic nitrogens is 2. The number of H-pyrrole nitrogens is 1. The number of ether oxygens (including phenoxy) is 1. The normalized spacial score (nSPS) is 11.8. The quantitative estimate of drug-likeness (QED) is 0.777. The first-order valence-electron chi connectivity index (χ1n) is 4.20. The van der Waals surface area contributed by atoms with E-state index in [2.05, 4.69) is 9.97 Å². The van der Waals surface area contributed by atoms with Crippen LogP contribution in [0, 0.1) is 12.7 Å². The maximum absolute atomic E-state index is 13.0. The second-order valence-corrected chi connectivity index (χ2v) is 3.53. The Kier molecular flexibility index (Phi) is 2.71. The Labute approximate surface area is 81.1 Å². The van der Waals surface area contributed by atoms with Gasteiger partial charge in [-0.25, -0.2) is 4.98 Å². The minimum atomic E-state index is -0.847. The SMILES string of the molecule is COC(C)(C)c1nc(C)c(F)c(=O)[nH]1. The summed E-state index contributed by atoms with van der Waals surface area (Å²) >= 11 is 0. The van der Waals surface area contributed by atoms with E-state index in [4.69, 9.17) is 4.74 Å². The Bertz CT molecular complexity index is 398. The highest BCUT2D eigenvalue weighted by Gasteiger charge is 2.23. The highest BCUT2D eigenvalue weighted by Crippen LogP contribution is 2.18. The summed E-state index contributed by atoms with van der Waals surface area (Å²) < 4.78 is 18.1. The van der Waals surface area contributed by atoms with Crippen molar-refractivity contribution in [3.05, 3.63) is 27.7 Å². The second-order valence-electron chi connectivity index (χ2n) is 3.53. The first-order valence-corrected chi connectivity index (χ1v) is 4.20. The average molecular weight is 200 g/mol. The maximum atomic E-state index is 13.0. The van der Waals surface area contributed by atoms with Gasteiger partial charge in [-0.15, -0.1) is 0 Å². The zero-order valence-electron chi connectivity index (χ0n) is 8.64. The lowest BCUT2D eigenvalue weighted by Gasteiger charge is -2.21. The minimum absolute atomic E-state index is 0.0777. The van der Waals surface area contributed by atoms with E-state index in [1.54, 1.807) is 13.8 Å². The first-order chi connectivity index (χ1) is 6.38. The molecule has 0 fully saturated rings. The predicted octanol–water partition coefficient (Wildman–Crippen LogP) is 1.10. The summed E-state index contributed by atoms with van der Waals surface area (Å²) in [4.78, 5) is 17.4. The molecule has 4 nitrogen and oxygen atoms in total. The Morgan fingerprint density at radius 3 is 2.50 bits per heavy atom. The molecular formula is C9H13FN2O2. The van der Waals surface area contributed by atoms with Crippen molar-refractivity contribution in [2.45, 2.75) is 26.4 Å². The van der Waals surface area contributed by atoms with Gasteiger partial charge in [-0.1, -0.05) is 0 Å². The molecule has 0 aliphatic rings. The van der Waals surface area contributed by atoms with Crippen LogP contribution < -0.4 is 5.56 Å². The Hall–Kier alpha value is -1.23. The fourth-order valence-corrected chi connectivity index (χ4v) is 0.953. The van der Waals surface area contributed by atoms with Crippen LogP contribution in [0.15, 0.2) is 4.79 Å². The van der Waals surface area contributed by atoms with Gasteiger partial charge < -0.3 is 9.72 Å². The molecule has 1 aromatic rings. The van der Waals surface area contributed by atoms with E-state index in [1.165, 1.54) is 14.0 Å². The van der Waals surface area contributed by atoms with Crippen molar-refractivity contribution in [3.8, 4) is 0 Å². The topological polar surface area (TPSA) is 55.0 Å². The van der Waals surface area contributed by atoms with Gasteiger partial charge in [0.05, 0.1) is 5.69 Å². The number of nitrogens with one attached hydrogen (secondary N) is 1. The molecule has 0 spiro atoms. The van der Waals surface area contributed by atoms with Crippen molar-refractivity contribution in [1.82, 2.24) is 9.97 Å². The molecule has 0 aliphatic heterocycles. The molecule has 0 aliphatic carbocycles. The van der Waals surface area contributed by atoms with Crippen molar-refractivity contribution in [2.75, 3.05) is 7.11 Å². The second kappa shape index (κ2) is 3.49. The molecule has 0 saturated heterocycles. The van der Waals surface area contributed by atoms with Gasteiger partial charge in [-0.05, 0) is 20.8 Å². The molecule has 0 amide bonds. The van der Waals surface area contributed by atoms with Crippen LogP contribution in [0.5, 0.6) is 0 Å². The molecular weight excluding hydrogens is 187 g/mol. The third-order valence-corrected chi connectivity index (χ3v) is 2.11. The van der Waals surface area contributed by atoms with Crippen molar-refractivity contribution < 1.29 is 9.13 Å². The number of halogens is 1.